The third-order valence-corrected chi connectivity index (χ3v) is 5.60. The lowest BCUT2D eigenvalue weighted by Crippen LogP contribution is -2.28. The average molecular weight is 327 g/mol. The molecule has 1 unspecified atom stereocenters. The first-order chi connectivity index (χ1) is 10.8. The largest absolute Gasteiger partial charge is 0.611 e. The van der Waals surface area contributed by atoms with Crippen LogP contribution >= 0.6 is 0 Å². The first-order valence-corrected chi connectivity index (χ1v) is 8.74. The molecule has 1 atom stereocenters. The summed E-state index contributed by atoms with van der Waals surface area (Å²) in [6.45, 7) is 7.96. The molecule has 0 radical (unpaired) electrons. The van der Waals surface area contributed by atoms with Crippen molar-refractivity contribution in [2.45, 2.75) is 37.3 Å². The highest BCUT2D eigenvalue weighted by Crippen LogP contribution is 2.33. The van der Waals surface area contributed by atoms with Gasteiger partial charge in [0.05, 0.1) is 5.56 Å². The van der Waals surface area contributed by atoms with Gasteiger partial charge < -0.3 is 9.12 Å². The molecule has 2 heterocycles. The van der Waals surface area contributed by atoms with Gasteiger partial charge in [0.15, 0.2) is 10.5 Å². The van der Waals surface area contributed by atoms with Crippen LogP contribution in [-0.2, 0) is 18.2 Å². The Kier molecular flexibility index (Phi) is 3.94. The normalized spacial score (nSPS) is 13.5. The van der Waals surface area contributed by atoms with Gasteiger partial charge in [-0.2, -0.15) is 0 Å². The molecule has 0 aliphatic rings. The standard InChI is InChI=1S/C18H21N3OS/c1-12-10-14-17(19-11-12)21(5)16(20-14)13-8-6-7-9-15(13)23(22)18(2,3)4/h6-11H,1-5H3. The molecule has 0 amide bonds. The van der Waals surface area contributed by atoms with Crippen LogP contribution in [-0.4, -0.2) is 23.8 Å². The van der Waals surface area contributed by atoms with Crippen LogP contribution in [0.2, 0.25) is 0 Å². The van der Waals surface area contributed by atoms with Gasteiger partial charge in [0.25, 0.3) is 0 Å². The van der Waals surface area contributed by atoms with Gasteiger partial charge in [0.1, 0.15) is 16.1 Å². The molecule has 0 N–H and O–H groups in total. The average Bonchev–Trinajstić information content (AvgIpc) is 2.82. The fourth-order valence-corrected chi connectivity index (χ4v) is 3.78. The minimum atomic E-state index is -1.12. The van der Waals surface area contributed by atoms with Crippen LogP contribution in [0, 0.1) is 6.92 Å². The summed E-state index contributed by atoms with van der Waals surface area (Å²) in [6.07, 6.45) is 1.84. The molecule has 23 heavy (non-hydrogen) atoms. The zero-order valence-electron chi connectivity index (χ0n) is 14.1. The van der Waals surface area contributed by atoms with Crippen LogP contribution in [0.5, 0.6) is 0 Å². The number of pyridine rings is 1. The van der Waals surface area contributed by atoms with Crippen molar-refractivity contribution in [1.29, 1.82) is 0 Å². The summed E-state index contributed by atoms with van der Waals surface area (Å²) in [5, 5.41) is 0. The van der Waals surface area contributed by atoms with E-state index < -0.39 is 11.2 Å². The number of benzene rings is 1. The van der Waals surface area contributed by atoms with Gasteiger partial charge in [0, 0.05) is 13.2 Å². The smallest absolute Gasteiger partial charge is 0.164 e. The van der Waals surface area contributed by atoms with E-state index in [0.717, 1.165) is 33.0 Å². The second-order valence-corrected chi connectivity index (χ2v) is 8.93. The summed E-state index contributed by atoms with van der Waals surface area (Å²) in [5.41, 5.74) is 3.67. The van der Waals surface area contributed by atoms with Gasteiger partial charge >= 0.3 is 0 Å². The number of aryl methyl sites for hydroxylation is 2. The Hall–Kier alpha value is -1.85. The molecular formula is C18H21N3OS. The topological polar surface area (TPSA) is 53.8 Å². The van der Waals surface area contributed by atoms with Crippen molar-refractivity contribution >= 4 is 22.3 Å². The maximum Gasteiger partial charge on any atom is 0.164 e. The second-order valence-electron chi connectivity index (χ2n) is 6.73. The molecule has 0 saturated heterocycles. The highest BCUT2D eigenvalue weighted by atomic mass is 32.2. The van der Waals surface area contributed by atoms with E-state index in [2.05, 4.69) is 4.98 Å². The number of imidazole rings is 1. The summed E-state index contributed by atoms with van der Waals surface area (Å²) < 4.78 is 14.5. The lowest BCUT2D eigenvalue weighted by molar-refractivity contribution is 0.559. The van der Waals surface area contributed by atoms with E-state index in [1.54, 1.807) is 0 Å². The van der Waals surface area contributed by atoms with Crippen LogP contribution in [0.15, 0.2) is 41.4 Å². The Labute approximate surface area is 139 Å². The maximum absolute atomic E-state index is 12.9. The Morgan fingerprint density at radius 3 is 2.57 bits per heavy atom. The van der Waals surface area contributed by atoms with Gasteiger partial charge in [-0.3, -0.25) is 0 Å². The molecule has 1 aromatic carbocycles. The van der Waals surface area contributed by atoms with E-state index in [1.165, 1.54) is 0 Å². The molecule has 0 aliphatic heterocycles. The SMILES string of the molecule is Cc1cnc2c(c1)nc(-c1ccccc1[S+]([O-])C(C)(C)C)n2C. The molecule has 3 rings (SSSR count). The number of hydrogen-bond donors (Lipinski definition) is 0. The van der Waals surface area contributed by atoms with Crippen LogP contribution < -0.4 is 0 Å². The van der Waals surface area contributed by atoms with Gasteiger partial charge in [-0.25, -0.2) is 9.97 Å². The van der Waals surface area contributed by atoms with Crippen molar-refractivity contribution in [2.24, 2.45) is 7.05 Å². The summed E-state index contributed by atoms with van der Waals surface area (Å²) in [4.78, 5) is 10.0. The summed E-state index contributed by atoms with van der Waals surface area (Å²) >= 11 is -1.12. The monoisotopic (exact) mass is 327 g/mol. The van der Waals surface area contributed by atoms with Crippen molar-refractivity contribution < 1.29 is 4.55 Å². The highest BCUT2D eigenvalue weighted by Gasteiger charge is 2.31. The van der Waals surface area contributed by atoms with Crippen LogP contribution in [0.4, 0.5) is 0 Å². The zero-order valence-corrected chi connectivity index (χ0v) is 14.9. The van der Waals surface area contributed by atoms with Gasteiger partial charge in [0.2, 0.25) is 0 Å². The van der Waals surface area contributed by atoms with Crippen LogP contribution in [0.25, 0.3) is 22.6 Å². The lowest BCUT2D eigenvalue weighted by atomic mass is 10.2. The Bertz CT molecular complexity index is 864. The minimum Gasteiger partial charge on any atom is -0.611 e. The molecule has 0 spiro atoms. The van der Waals surface area contributed by atoms with E-state index in [1.807, 2.05) is 75.8 Å². The molecule has 4 nitrogen and oxygen atoms in total. The summed E-state index contributed by atoms with van der Waals surface area (Å²) in [6, 6.07) is 9.81. The van der Waals surface area contributed by atoms with E-state index in [0.29, 0.717) is 0 Å². The lowest BCUT2D eigenvalue weighted by Gasteiger charge is -2.25. The van der Waals surface area contributed by atoms with Gasteiger partial charge in [-0.1, -0.05) is 12.1 Å². The van der Waals surface area contributed by atoms with Crippen molar-refractivity contribution in [1.82, 2.24) is 14.5 Å². The molecule has 0 fully saturated rings. The van der Waals surface area contributed by atoms with Crippen molar-refractivity contribution in [2.75, 3.05) is 0 Å². The molecule has 0 aliphatic carbocycles. The van der Waals surface area contributed by atoms with E-state index in [9.17, 15) is 4.55 Å². The molecule has 120 valence electrons. The molecular weight excluding hydrogens is 306 g/mol. The Morgan fingerprint density at radius 1 is 1.17 bits per heavy atom. The zero-order chi connectivity index (χ0) is 16.8. The predicted molar refractivity (Wildman–Crippen MR) is 94.8 cm³/mol. The van der Waals surface area contributed by atoms with Crippen molar-refractivity contribution in [3.8, 4) is 11.4 Å². The molecule has 0 saturated carbocycles. The minimum absolute atomic E-state index is 0.324. The van der Waals surface area contributed by atoms with Gasteiger partial charge in [-0.05, 0) is 62.6 Å². The number of fused-ring (bicyclic) bond motifs is 1. The van der Waals surface area contributed by atoms with E-state index in [4.69, 9.17) is 4.98 Å². The van der Waals surface area contributed by atoms with Crippen LogP contribution in [0.3, 0.4) is 0 Å². The number of aromatic nitrogens is 3. The highest BCUT2D eigenvalue weighted by molar-refractivity contribution is 7.92. The number of rotatable bonds is 2. The third-order valence-electron chi connectivity index (χ3n) is 3.73. The Balaban J connectivity index is 2.22. The maximum atomic E-state index is 12.9. The molecule has 0 bridgehead atoms. The third kappa shape index (κ3) is 2.86. The number of hydrogen-bond acceptors (Lipinski definition) is 3. The van der Waals surface area contributed by atoms with Crippen LogP contribution in [0.1, 0.15) is 26.3 Å². The Morgan fingerprint density at radius 2 is 1.87 bits per heavy atom. The first kappa shape index (κ1) is 16.0. The van der Waals surface area contributed by atoms with Crippen molar-refractivity contribution in [3.05, 3.63) is 42.1 Å². The fraction of sp³-hybridized carbons (Fsp3) is 0.333. The summed E-state index contributed by atoms with van der Waals surface area (Å²) in [5.74, 6) is 0.798. The molecule has 5 heteroatoms. The quantitative estimate of drug-likeness (QED) is 0.672. The number of nitrogens with zero attached hydrogens (tertiary/aromatic N) is 3. The summed E-state index contributed by atoms with van der Waals surface area (Å²) in [7, 11) is 1.95. The molecule has 3 aromatic rings. The van der Waals surface area contributed by atoms with Crippen molar-refractivity contribution in [3.63, 3.8) is 0 Å². The van der Waals surface area contributed by atoms with Gasteiger partial charge in [-0.15, -0.1) is 0 Å². The second kappa shape index (κ2) is 5.65. The first-order valence-electron chi connectivity index (χ1n) is 7.59. The fourth-order valence-electron chi connectivity index (χ4n) is 2.56. The molecule has 2 aromatic heterocycles. The van der Waals surface area contributed by atoms with E-state index in [-0.39, 0.29) is 4.75 Å². The van der Waals surface area contributed by atoms with E-state index >= 15 is 0 Å². The predicted octanol–water partition coefficient (Wildman–Crippen LogP) is 3.85.